The smallest absolute Gasteiger partial charge is 0.119 e. The molecule has 5 aromatic carbocycles. The van der Waals surface area contributed by atoms with Crippen molar-refractivity contribution in [3.8, 4) is 16.9 Å². The van der Waals surface area contributed by atoms with E-state index >= 15 is 0 Å². The lowest BCUT2D eigenvalue weighted by molar-refractivity contribution is 0.304. The fourth-order valence-corrected chi connectivity index (χ4v) is 6.30. The van der Waals surface area contributed by atoms with E-state index in [2.05, 4.69) is 75.9 Å². The zero-order valence-corrected chi connectivity index (χ0v) is 28.0. The Morgan fingerprint density at radius 2 is 1.00 bits per heavy atom. The highest BCUT2D eigenvalue weighted by Crippen LogP contribution is 2.36. The van der Waals surface area contributed by atoms with Crippen LogP contribution in [0.4, 0.5) is 22.7 Å². The molecule has 0 N–H and O–H groups in total. The molecule has 0 amide bonds. The monoisotopic (exact) mass is 634 g/mol. The van der Waals surface area contributed by atoms with Crippen LogP contribution < -0.4 is 4.74 Å². The first-order chi connectivity index (χ1) is 23.7. The van der Waals surface area contributed by atoms with Crippen molar-refractivity contribution in [2.24, 2.45) is 26.4 Å². The standard InChI is InChI=1S/C43H46N4O/c1-33-12-16-35(17-13-33)37-20-22-38(23-21-37)36-18-14-34(15-19-36)9-5-2-3-8-32-48-43-30-28-42(29-31-43)47-46-41-26-24-40(25-27-41)45-44-39-10-6-4-7-11-39/h4,6-7,10-11,14-15,18-31,33,35H,2-3,5,8-9,12-13,16-17,32H2,1H3. The molecule has 0 heterocycles. The van der Waals surface area contributed by atoms with Crippen molar-refractivity contribution in [3.63, 3.8) is 0 Å². The fraction of sp³-hybridized carbons (Fsp3) is 0.302. The van der Waals surface area contributed by atoms with E-state index < -0.39 is 0 Å². The van der Waals surface area contributed by atoms with Crippen LogP contribution in [-0.4, -0.2) is 6.61 Å². The Balaban J connectivity index is 0.849. The summed E-state index contributed by atoms with van der Waals surface area (Å²) in [6.07, 6.45) is 11.2. The summed E-state index contributed by atoms with van der Waals surface area (Å²) in [7, 11) is 0. The summed E-state index contributed by atoms with van der Waals surface area (Å²) in [5.74, 6) is 2.51. The van der Waals surface area contributed by atoms with Crippen molar-refractivity contribution in [1.29, 1.82) is 0 Å². The zero-order valence-electron chi connectivity index (χ0n) is 28.0. The quantitative estimate of drug-likeness (QED) is 0.0885. The third-order valence-electron chi connectivity index (χ3n) is 9.32. The number of hydrogen-bond acceptors (Lipinski definition) is 5. The lowest BCUT2D eigenvalue weighted by atomic mass is 9.79. The third-order valence-corrected chi connectivity index (χ3v) is 9.32. The molecule has 1 saturated carbocycles. The molecule has 0 spiro atoms. The lowest BCUT2D eigenvalue weighted by Gasteiger charge is -2.26. The Morgan fingerprint density at radius 1 is 0.500 bits per heavy atom. The number of nitrogens with zero attached hydrogens (tertiary/aromatic N) is 4. The molecule has 5 aromatic rings. The van der Waals surface area contributed by atoms with Gasteiger partial charge in [-0.3, -0.25) is 0 Å². The summed E-state index contributed by atoms with van der Waals surface area (Å²) in [5, 5.41) is 17.2. The summed E-state index contributed by atoms with van der Waals surface area (Å²) in [6, 6.07) is 43.5. The molecule has 0 unspecified atom stereocenters. The highest BCUT2D eigenvalue weighted by atomic mass is 16.5. The molecule has 5 nitrogen and oxygen atoms in total. The molecule has 0 radical (unpaired) electrons. The molecule has 0 bridgehead atoms. The summed E-state index contributed by atoms with van der Waals surface area (Å²) in [4.78, 5) is 0. The first-order valence-electron chi connectivity index (χ1n) is 17.6. The zero-order chi connectivity index (χ0) is 32.8. The SMILES string of the molecule is CC1CCC(c2ccc(-c3ccc(CCCCCCOc4ccc(N=Nc5ccc(N=Nc6ccccc6)cc5)cc4)cc3)cc2)CC1. The number of hydrogen-bond donors (Lipinski definition) is 0. The van der Waals surface area contributed by atoms with Crippen molar-refractivity contribution in [2.75, 3.05) is 6.61 Å². The Labute approximate surface area is 285 Å². The van der Waals surface area contributed by atoms with Gasteiger partial charge in [-0.05, 0) is 127 Å². The number of unbranched alkanes of at least 4 members (excludes halogenated alkanes) is 3. The van der Waals surface area contributed by atoms with Crippen molar-refractivity contribution in [3.05, 3.63) is 139 Å². The minimum absolute atomic E-state index is 0.724. The predicted molar refractivity (Wildman–Crippen MR) is 198 cm³/mol. The van der Waals surface area contributed by atoms with Gasteiger partial charge < -0.3 is 4.74 Å². The van der Waals surface area contributed by atoms with Gasteiger partial charge in [0.1, 0.15) is 5.75 Å². The molecule has 0 saturated heterocycles. The van der Waals surface area contributed by atoms with Gasteiger partial charge in [0.25, 0.3) is 0 Å². The molecule has 1 fully saturated rings. The maximum Gasteiger partial charge on any atom is 0.119 e. The first-order valence-corrected chi connectivity index (χ1v) is 17.6. The average molecular weight is 635 g/mol. The van der Waals surface area contributed by atoms with Gasteiger partial charge in [-0.25, -0.2) is 0 Å². The molecule has 5 heteroatoms. The van der Waals surface area contributed by atoms with Crippen LogP contribution in [0.25, 0.3) is 11.1 Å². The second-order valence-corrected chi connectivity index (χ2v) is 13.0. The van der Waals surface area contributed by atoms with E-state index in [4.69, 9.17) is 4.74 Å². The lowest BCUT2D eigenvalue weighted by Crippen LogP contribution is -2.10. The van der Waals surface area contributed by atoms with Crippen molar-refractivity contribution in [2.45, 2.75) is 70.6 Å². The summed E-state index contributed by atoms with van der Waals surface area (Å²) < 4.78 is 5.97. The summed E-state index contributed by atoms with van der Waals surface area (Å²) in [6.45, 7) is 3.12. The van der Waals surface area contributed by atoms with Crippen LogP contribution in [0.15, 0.2) is 148 Å². The maximum absolute atomic E-state index is 5.97. The second kappa shape index (κ2) is 17.3. The van der Waals surface area contributed by atoms with Gasteiger partial charge in [-0.1, -0.05) is 99.3 Å². The van der Waals surface area contributed by atoms with Crippen molar-refractivity contribution >= 4 is 22.7 Å². The predicted octanol–water partition coefficient (Wildman–Crippen LogP) is 13.7. The molecule has 0 atom stereocenters. The number of benzene rings is 5. The summed E-state index contributed by atoms with van der Waals surface area (Å²) in [5.41, 5.74) is 8.70. The van der Waals surface area contributed by atoms with E-state index in [1.54, 1.807) is 0 Å². The Kier molecular flexibility index (Phi) is 11.9. The van der Waals surface area contributed by atoms with E-state index in [1.165, 1.54) is 67.2 Å². The van der Waals surface area contributed by atoms with Gasteiger partial charge in [0.2, 0.25) is 0 Å². The highest BCUT2D eigenvalue weighted by Gasteiger charge is 2.19. The van der Waals surface area contributed by atoms with E-state index in [0.717, 1.165) is 59.8 Å². The third kappa shape index (κ3) is 10.0. The number of rotatable bonds is 14. The van der Waals surface area contributed by atoms with Gasteiger partial charge in [0, 0.05) is 0 Å². The summed E-state index contributed by atoms with van der Waals surface area (Å²) >= 11 is 0. The van der Waals surface area contributed by atoms with E-state index in [0.29, 0.717) is 0 Å². The Bertz CT molecular complexity index is 1720. The van der Waals surface area contributed by atoms with Crippen LogP contribution in [0.3, 0.4) is 0 Å². The van der Waals surface area contributed by atoms with Gasteiger partial charge in [0.15, 0.2) is 0 Å². The Morgan fingerprint density at radius 3 is 1.58 bits per heavy atom. The van der Waals surface area contributed by atoms with Crippen LogP contribution in [0.1, 0.15) is 75.3 Å². The second-order valence-electron chi connectivity index (χ2n) is 13.0. The van der Waals surface area contributed by atoms with Gasteiger partial charge >= 0.3 is 0 Å². The number of aryl methyl sites for hydroxylation is 1. The molecular weight excluding hydrogens is 589 g/mol. The van der Waals surface area contributed by atoms with E-state index in [-0.39, 0.29) is 0 Å². The molecule has 0 aliphatic heterocycles. The van der Waals surface area contributed by atoms with Crippen LogP contribution >= 0.6 is 0 Å². The molecule has 0 aromatic heterocycles. The minimum atomic E-state index is 0.724. The highest BCUT2D eigenvalue weighted by molar-refractivity contribution is 5.64. The number of azo groups is 2. The van der Waals surface area contributed by atoms with Gasteiger partial charge in [-0.2, -0.15) is 20.5 Å². The topological polar surface area (TPSA) is 58.7 Å². The van der Waals surface area contributed by atoms with Crippen LogP contribution in [0.2, 0.25) is 0 Å². The van der Waals surface area contributed by atoms with Crippen LogP contribution in [0, 0.1) is 5.92 Å². The van der Waals surface area contributed by atoms with Crippen molar-refractivity contribution in [1.82, 2.24) is 0 Å². The first kappa shape index (κ1) is 33.0. The van der Waals surface area contributed by atoms with Crippen LogP contribution in [0.5, 0.6) is 5.75 Å². The molecular formula is C43H46N4O. The van der Waals surface area contributed by atoms with Crippen molar-refractivity contribution < 1.29 is 4.74 Å². The maximum atomic E-state index is 5.97. The average Bonchev–Trinajstić information content (AvgIpc) is 3.15. The van der Waals surface area contributed by atoms with Gasteiger partial charge in [0.05, 0.1) is 29.4 Å². The largest absolute Gasteiger partial charge is 0.494 e. The minimum Gasteiger partial charge on any atom is -0.494 e. The molecule has 6 rings (SSSR count). The van der Waals surface area contributed by atoms with E-state index in [1.807, 2.05) is 78.9 Å². The van der Waals surface area contributed by atoms with Crippen LogP contribution in [-0.2, 0) is 6.42 Å². The molecule has 48 heavy (non-hydrogen) atoms. The fourth-order valence-electron chi connectivity index (χ4n) is 6.30. The normalized spacial score (nSPS) is 16.4. The molecule has 1 aliphatic carbocycles. The van der Waals surface area contributed by atoms with Gasteiger partial charge in [-0.15, -0.1) is 0 Å². The number of ether oxygens (including phenoxy) is 1. The Hall–Kier alpha value is -4.90. The van der Waals surface area contributed by atoms with E-state index in [9.17, 15) is 0 Å². The molecule has 1 aliphatic rings. The molecule has 244 valence electrons.